The van der Waals surface area contributed by atoms with Crippen LogP contribution in [0.15, 0.2) is 30.3 Å². The molecule has 0 spiro atoms. The molecule has 2 nitrogen and oxygen atoms in total. The Morgan fingerprint density at radius 2 is 1.60 bits per heavy atom. The van der Waals surface area contributed by atoms with Crippen LogP contribution >= 0.6 is 23.2 Å². The van der Waals surface area contributed by atoms with Crippen LogP contribution in [0.5, 0.6) is 5.75 Å². The van der Waals surface area contributed by atoms with Gasteiger partial charge in [0.05, 0.1) is 7.11 Å². The lowest BCUT2D eigenvalue weighted by molar-refractivity contribution is 0.214. The van der Waals surface area contributed by atoms with Crippen LogP contribution in [0.25, 0.3) is 0 Å². The highest BCUT2D eigenvalue weighted by molar-refractivity contribution is 6.34. The molecule has 0 aliphatic carbocycles. The van der Waals surface area contributed by atoms with Gasteiger partial charge in [-0.2, -0.15) is 0 Å². The van der Waals surface area contributed by atoms with Crippen LogP contribution < -0.4 is 4.74 Å². The van der Waals surface area contributed by atoms with Crippen molar-refractivity contribution in [1.29, 1.82) is 0 Å². The van der Waals surface area contributed by atoms with E-state index in [0.717, 1.165) is 16.7 Å². The molecular weight excluding hydrogens is 295 g/mol. The van der Waals surface area contributed by atoms with Gasteiger partial charge in [0.15, 0.2) is 0 Å². The summed E-state index contributed by atoms with van der Waals surface area (Å²) in [6.45, 7) is 3.93. The van der Waals surface area contributed by atoms with Gasteiger partial charge in [-0.05, 0) is 54.8 Å². The van der Waals surface area contributed by atoms with E-state index < -0.39 is 6.10 Å². The maximum absolute atomic E-state index is 10.6. The van der Waals surface area contributed by atoms with Crippen molar-refractivity contribution in [2.45, 2.75) is 20.0 Å². The molecule has 0 radical (unpaired) electrons. The van der Waals surface area contributed by atoms with Crippen LogP contribution in [0.4, 0.5) is 0 Å². The molecule has 0 aromatic heterocycles. The molecule has 1 unspecified atom stereocenters. The van der Waals surface area contributed by atoms with Crippen molar-refractivity contribution in [3.8, 4) is 5.75 Å². The van der Waals surface area contributed by atoms with Gasteiger partial charge < -0.3 is 9.84 Å². The zero-order chi connectivity index (χ0) is 14.9. The fourth-order valence-corrected chi connectivity index (χ4v) is 2.90. The average molecular weight is 311 g/mol. The molecule has 2 aromatic rings. The lowest BCUT2D eigenvalue weighted by Gasteiger charge is -2.19. The number of benzene rings is 2. The highest BCUT2D eigenvalue weighted by Crippen LogP contribution is 2.35. The summed E-state index contributed by atoms with van der Waals surface area (Å²) in [5.74, 6) is 0.658. The molecule has 0 fully saturated rings. The highest BCUT2D eigenvalue weighted by Gasteiger charge is 2.19. The maximum Gasteiger partial charge on any atom is 0.125 e. The molecule has 0 amide bonds. The molecule has 2 rings (SSSR count). The molecular formula is C16H16Cl2O2. The molecule has 0 saturated heterocycles. The molecule has 1 N–H and O–H groups in total. The Bertz CT molecular complexity index is 618. The van der Waals surface area contributed by atoms with Gasteiger partial charge in [-0.3, -0.25) is 0 Å². The van der Waals surface area contributed by atoms with Gasteiger partial charge in [0.25, 0.3) is 0 Å². The van der Waals surface area contributed by atoms with Gasteiger partial charge in [0, 0.05) is 15.6 Å². The third-order valence-corrected chi connectivity index (χ3v) is 3.62. The van der Waals surface area contributed by atoms with Crippen molar-refractivity contribution < 1.29 is 9.84 Å². The molecule has 0 saturated carbocycles. The SMILES string of the molecule is COc1cc(C)cc(C)c1C(O)c1cc(Cl)cc(Cl)c1. The fraction of sp³-hybridized carbons (Fsp3) is 0.250. The zero-order valence-electron chi connectivity index (χ0n) is 11.6. The fourth-order valence-electron chi connectivity index (χ4n) is 2.36. The Labute approximate surface area is 128 Å². The number of halogens is 2. The van der Waals surface area contributed by atoms with Crippen molar-refractivity contribution in [3.63, 3.8) is 0 Å². The van der Waals surface area contributed by atoms with E-state index in [2.05, 4.69) is 0 Å². The van der Waals surface area contributed by atoms with Gasteiger partial charge in [0.1, 0.15) is 11.9 Å². The van der Waals surface area contributed by atoms with Crippen molar-refractivity contribution >= 4 is 23.2 Å². The predicted octanol–water partition coefficient (Wildman–Crippen LogP) is 4.70. The number of rotatable bonds is 3. The standard InChI is InChI=1S/C16H16Cl2O2/c1-9-4-10(2)15(14(5-9)20-3)16(19)11-6-12(17)8-13(18)7-11/h4-8,16,19H,1-3H3. The second kappa shape index (κ2) is 6.04. The Balaban J connectivity index is 2.55. The molecule has 20 heavy (non-hydrogen) atoms. The first-order chi connectivity index (χ1) is 9.42. The summed E-state index contributed by atoms with van der Waals surface area (Å²) in [5, 5.41) is 11.6. The van der Waals surface area contributed by atoms with E-state index in [-0.39, 0.29) is 0 Å². The van der Waals surface area contributed by atoms with Crippen LogP contribution in [0.3, 0.4) is 0 Å². The molecule has 2 aromatic carbocycles. The van der Waals surface area contributed by atoms with Gasteiger partial charge in [0.2, 0.25) is 0 Å². The van der Waals surface area contributed by atoms with Crippen LogP contribution in [-0.4, -0.2) is 12.2 Å². The second-order valence-corrected chi connectivity index (χ2v) is 5.68. The van der Waals surface area contributed by atoms with Gasteiger partial charge in [-0.15, -0.1) is 0 Å². The number of aliphatic hydroxyl groups excluding tert-OH is 1. The lowest BCUT2D eigenvalue weighted by Crippen LogP contribution is -2.05. The summed E-state index contributed by atoms with van der Waals surface area (Å²) < 4.78 is 5.38. The zero-order valence-corrected chi connectivity index (χ0v) is 13.1. The molecule has 1 atom stereocenters. The smallest absolute Gasteiger partial charge is 0.125 e. The number of hydrogen-bond acceptors (Lipinski definition) is 2. The number of methoxy groups -OCH3 is 1. The molecule has 0 bridgehead atoms. The first kappa shape index (κ1) is 15.2. The third kappa shape index (κ3) is 3.09. The van der Waals surface area contributed by atoms with Crippen molar-refractivity contribution in [2.24, 2.45) is 0 Å². The Morgan fingerprint density at radius 1 is 1.00 bits per heavy atom. The molecule has 0 heterocycles. The van der Waals surface area contributed by atoms with E-state index in [1.165, 1.54) is 0 Å². The molecule has 106 valence electrons. The predicted molar refractivity (Wildman–Crippen MR) is 83.0 cm³/mol. The molecule has 4 heteroatoms. The van der Waals surface area contributed by atoms with Crippen LogP contribution in [-0.2, 0) is 0 Å². The lowest BCUT2D eigenvalue weighted by atomic mass is 9.95. The van der Waals surface area contributed by atoms with Gasteiger partial charge in [-0.1, -0.05) is 29.3 Å². The first-order valence-corrected chi connectivity index (χ1v) is 6.97. The topological polar surface area (TPSA) is 29.5 Å². The Kier molecular flexibility index (Phi) is 4.59. The van der Waals surface area contributed by atoms with Gasteiger partial charge >= 0.3 is 0 Å². The molecule has 0 aliphatic rings. The summed E-state index contributed by atoms with van der Waals surface area (Å²) in [6, 6.07) is 8.96. The van der Waals surface area contributed by atoms with Gasteiger partial charge in [-0.25, -0.2) is 0 Å². The number of hydrogen-bond donors (Lipinski definition) is 1. The monoisotopic (exact) mass is 310 g/mol. The summed E-state index contributed by atoms with van der Waals surface area (Å²) >= 11 is 12.0. The van der Waals surface area contributed by atoms with Crippen molar-refractivity contribution in [2.75, 3.05) is 7.11 Å². The van der Waals surface area contributed by atoms with E-state index in [9.17, 15) is 5.11 Å². The minimum Gasteiger partial charge on any atom is -0.496 e. The summed E-state index contributed by atoms with van der Waals surface area (Å²) in [4.78, 5) is 0. The van der Waals surface area contributed by atoms with E-state index in [0.29, 0.717) is 21.4 Å². The van der Waals surface area contributed by atoms with E-state index in [4.69, 9.17) is 27.9 Å². The quantitative estimate of drug-likeness (QED) is 0.890. The number of ether oxygens (including phenoxy) is 1. The highest BCUT2D eigenvalue weighted by atomic mass is 35.5. The normalized spacial score (nSPS) is 12.3. The summed E-state index contributed by atoms with van der Waals surface area (Å²) in [7, 11) is 1.59. The van der Waals surface area contributed by atoms with Crippen LogP contribution in [0.2, 0.25) is 10.0 Å². The minimum atomic E-state index is -0.832. The number of aryl methyl sites for hydroxylation is 2. The largest absolute Gasteiger partial charge is 0.496 e. The second-order valence-electron chi connectivity index (χ2n) is 4.80. The van der Waals surface area contributed by atoms with E-state index in [1.54, 1.807) is 25.3 Å². The van der Waals surface area contributed by atoms with Crippen molar-refractivity contribution in [3.05, 3.63) is 62.6 Å². The third-order valence-electron chi connectivity index (χ3n) is 3.19. The van der Waals surface area contributed by atoms with Crippen molar-refractivity contribution in [1.82, 2.24) is 0 Å². The summed E-state index contributed by atoms with van der Waals surface area (Å²) in [6.07, 6.45) is -0.832. The van der Waals surface area contributed by atoms with E-state index in [1.807, 2.05) is 26.0 Å². The Morgan fingerprint density at radius 3 is 2.15 bits per heavy atom. The average Bonchev–Trinajstić information content (AvgIpc) is 2.35. The number of aliphatic hydroxyl groups is 1. The maximum atomic E-state index is 10.6. The summed E-state index contributed by atoms with van der Waals surface area (Å²) in [5.41, 5.74) is 3.43. The Hall–Kier alpha value is -1.22. The van der Waals surface area contributed by atoms with Crippen LogP contribution in [0, 0.1) is 13.8 Å². The van der Waals surface area contributed by atoms with E-state index >= 15 is 0 Å². The minimum absolute atomic E-state index is 0.496. The molecule has 0 aliphatic heterocycles. The first-order valence-electron chi connectivity index (χ1n) is 6.21. The van der Waals surface area contributed by atoms with Crippen LogP contribution in [0.1, 0.15) is 28.4 Å².